The molecule has 1 N–H and O–H groups in total. The fourth-order valence-corrected chi connectivity index (χ4v) is 1.96. The van der Waals surface area contributed by atoms with Gasteiger partial charge in [0.05, 0.1) is 12.6 Å². The van der Waals surface area contributed by atoms with Crippen molar-refractivity contribution in [2.75, 3.05) is 7.11 Å². The number of aryl methyl sites for hydroxylation is 1. The lowest BCUT2D eigenvalue weighted by Crippen LogP contribution is -2.16. The van der Waals surface area contributed by atoms with Crippen molar-refractivity contribution in [2.24, 2.45) is 0 Å². The molecule has 5 nitrogen and oxygen atoms in total. The summed E-state index contributed by atoms with van der Waals surface area (Å²) in [4.78, 5) is 22.7. The standard InChI is InChI=1S/C13H13NO4/c1-8-5-12(15)10-6-9(18-2)3-4-11(10)14(8)7-13(16)17/h3-6H,7H2,1-2H3,(H,16,17). The molecule has 0 atom stereocenters. The van der Waals surface area contributed by atoms with Gasteiger partial charge in [0.25, 0.3) is 0 Å². The van der Waals surface area contributed by atoms with E-state index in [1.807, 2.05) is 0 Å². The van der Waals surface area contributed by atoms with Crippen LogP contribution in [0.4, 0.5) is 0 Å². The summed E-state index contributed by atoms with van der Waals surface area (Å²) in [5, 5.41) is 9.36. The van der Waals surface area contributed by atoms with E-state index in [9.17, 15) is 9.59 Å². The van der Waals surface area contributed by atoms with Gasteiger partial charge in [0.1, 0.15) is 12.3 Å². The van der Waals surface area contributed by atoms with Crippen LogP contribution in [0, 0.1) is 6.92 Å². The van der Waals surface area contributed by atoms with Crippen molar-refractivity contribution in [3.05, 3.63) is 40.2 Å². The number of benzene rings is 1. The van der Waals surface area contributed by atoms with E-state index in [0.717, 1.165) is 0 Å². The molecule has 18 heavy (non-hydrogen) atoms. The first kappa shape index (κ1) is 12.2. The minimum absolute atomic E-state index is 0.136. The topological polar surface area (TPSA) is 68.5 Å². The third-order valence-corrected chi connectivity index (χ3v) is 2.82. The molecule has 1 aromatic heterocycles. The maximum absolute atomic E-state index is 11.9. The second-order valence-corrected chi connectivity index (χ2v) is 4.01. The summed E-state index contributed by atoms with van der Waals surface area (Å²) in [5.41, 5.74) is 1.09. The van der Waals surface area contributed by atoms with Gasteiger partial charge < -0.3 is 14.4 Å². The first-order valence-corrected chi connectivity index (χ1v) is 5.43. The Morgan fingerprint density at radius 1 is 1.39 bits per heavy atom. The van der Waals surface area contributed by atoms with E-state index in [4.69, 9.17) is 9.84 Å². The van der Waals surface area contributed by atoms with Gasteiger partial charge in [-0.25, -0.2) is 0 Å². The number of aliphatic carboxylic acids is 1. The third kappa shape index (κ3) is 2.07. The van der Waals surface area contributed by atoms with Crippen LogP contribution in [-0.4, -0.2) is 22.8 Å². The molecule has 1 heterocycles. The number of rotatable bonds is 3. The van der Waals surface area contributed by atoms with Crippen LogP contribution in [0.1, 0.15) is 5.69 Å². The van der Waals surface area contributed by atoms with Gasteiger partial charge in [-0.1, -0.05) is 0 Å². The summed E-state index contributed by atoms with van der Waals surface area (Å²) in [6.07, 6.45) is 0. The van der Waals surface area contributed by atoms with Crippen molar-refractivity contribution in [3.8, 4) is 5.75 Å². The number of ether oxygens (including phenoxy) is 1. The van der Waals surface area contributed by atoms with E-state index >= 15 is 0 Å². The highest BCUT2D eigenvalue weighted by Crippen LogP contribution is 2.19. The lowest BCUT2D eigenvalue weighted by atomic mass is 10.1. The molecule has 5 heteroatoms. The van der Waals surface area contributed by atoms with E-state index in [0.29, 0.717) is 22.3 Å². The number of fused-ring (bicyclic) bond motifs is 1. The molecule has 0 saturated carbocycles. The molecule has 0 saturated heterocycles. The number of nitrogens with zero attached hydrogens (tertiary/aromatic N) is 1. The Kier molecular flexibility index (Phi) is 3.06. The Morgan fingerprint density at radius 3 is 2.72 bits per heavy atom. The van der Waals surface area contributed by atoms with Gasteiger partial charge >= 0.3 is 5.97 Å². The van der Waals surface area contributed by atoms with Gasteiger partial charge in [-0.05, 0) is 25.1 Å². The largest absolute Gasteiger partial charge is 0.497 e. The summed E-state index contributed by atoms with van der Waals surface area (Å²) < 4.78 is 6.66. The predicted molar refractivity (Wildman–Crippen MR) is 67.1 cm³/mol. The van der Waals surface area contributed by atoms with Crippen LogP contribution in [0.5, 0.6) is 5.75 Å². The normalized spacial score (nSPS) is 10.6. The summed E-state index contributed by atoms with van der Waals surface area (Å²) >= 11 is 0. The molecular formula is C13H13NO4. The molecule has 0 radical (unpaired) electrons. The molecule has 2 rings (SSSR count). The van der Waals surface area contributed by atoms with E-state index in [1.54, 1.807) is 29.7 Å². The lowest BCUT2D eigenvalue weighted by Gasteiger charge is -2.12. The summed E-state index contributed by atoms with van der Waals surface area (Å²) in [6, 6.07) is 6.46. The number of aromatic nitrogens is 1. The first-order valence-electron chi connectivity index (χ1n) is 5.43. The zero-order valence-corrected chi connectivity index (χ0v) is 10.1. The second-order valence-electron chi connectivity index (χ2n) is 4.01. The fourth-order valence-electron chi connectivity index (χ4n) is 1.96. The number of carboxylic acids is 1. The number of hydrogen-bond acceptors (Lipinski definition) is 3. The van der Waals surface area contributed by atoms with Crippen molar-refractivity contribution in [2.45, 2.75) is 13.5 Å². The molecule has 0 fully saturated rings. The van der Waals surface area contributed by atoms with Gasteiger partial charge in [0.2, 0.25) is 0 Å². The maximum atomic E-state index is 11.9. The third-order valence-electron chi connectivity index (χ3n) is 2.82. The Bertz CT molecular complexity index is 672. The molecule has 0 spiro atoms. The Morgan fingerprint density at radius 2 is 2.11 bits per heavy atom. The lowest BCUT2D eigenvalue weighted by molar-refractivity contribution is -0.137. The van der Waals surface area contributed by atoms with Crippen LogP contribution >= 0.6 is 0 Å². The number of hydrogen-bond donors (Lipinski definition) is 1. The zero-order chi connectivity index (χ0) is 13.3. The van der Waals surface area contributed by atoms with Crippen molar-refractivity contribution in [1.82, 2.24) is 4.57 Å². The summed E-state index contributed by atoms with van der Waals surface area (Å²) in [5.74, 6) is -0.371. The monoisotopic (exact) mass is 247 g/mol. The van der Waals surface area contributed by atoms with Crippen molar-refractivity contribution >= 4 is 16.9 Å². The van der Waals surface area contributed by atoms with Crippen LogP contribution in [0.25, 0.3) is 10.9 Å². The summed E-state index contributed by atoms with van der Waals surface area (Å²) in [6.45, 7) is 1.54. The first-order chi connectivity index (χ1) is 8.52. The van der Waals surface area contributed by atoms with E-state index in [1.165, 1.54) is 13.2 Å². The van der Waals surface area contributed by atoms with Crippen LogP contribution in [0.3, 0.4) is 0 Å². The average Bonchev–Trinajstić information content (AvgIpc) is 2.33. The molecule has 0 amide bonds. The quantitative estimate of drug-likeness (QED) is 0.890. The van der Waals surface area contributed by atoms with Gasteiger partial charge in [-0.3, -0.25) is 9.59 Å². The van der Waals surface area contributed by atoms with Crippen LogP contribution in [-0.2, 0) is 11.3 Å². The molecular weight excluding hydrogens is 234 g/mol. The molecule has 1 aromatic carbocycles. The van der Waals surface area contributed by atoms with Gasteiger partial charge in [-0.15, -0.1) is 0 Å². The highest BCUT2D eigenvalue weighted by molar-refractivity contribution is 5.82. The Balaban J connectivity index is 2.78. The molecule has 0 aliphatic carbocycles. The predicted octanol–water partition coefficient (Wildman–Crippen LogP) is 1.40. The number of pyridine rings is 1. The minimum Gasteiger partial charge on any atom is -0.497 e. The minimum atomic E-state index is -0.945. The van der Waals surface area contributed by atoms with E-state index in [2.05, 4.69) is 0 Å². The number of methoxy groups -OCH3 is 1. The second kappa shape index (κ2) is 4.52. The highest BCUT2D eigenvalue weighted by Gasteiger charge is 2.09. The summed E-state index contributed by atoms with van der Waals surface area (Å²) in [7, 11) is 1.52. The van der Waals surface area contributed by atoms with Crippen molar-refractivity contribution < 1.29 is 14.6 Å². The Labute approximate surface area is 103 Å². The SMILES string of the molecule is COc1ccc2c(c1)c(=O)cc(C)n2CC(=O)O. The van der Waals surface area contributed by atoms with E-state index < -0.39 is 5.97 Å². The number of carboxylic acid groups (broad SMARTS) is 1. The van der Waals surface area contributed by atoms with Crippen molar-refractivity contribution in [1.29, 1.82) is 0 Å². The highest BCUT2D eigenvalue weighted by atomic mass is 16.5. The van der Waals surface area contributed by atoms with Crippen LogP contribution in [0.15, 0.2) is 29.1 Å². The molecule has 94 valence electrons. The van der Waals surface area contributed by atoms with Crippen LogP contribution < -0.4 is 10.2 Å². The van der Waals surface area contributed by atoms with Gasteiger partial charge in [0, 0.05) is 17.1 Å². The van der Waals surface area contributed by atoms with Gasteiger partial charge in [0.15, 0.2) is 5.43 Å². The fraction of sp³-hybridized carbons (Fsp3) is 0.231. The number of carbonyl (C=O) groups is 1. The Hall–Kier alpha value is -2.30. The van der Waals surface area contributed by atoms with E-state index in [-0.39, 0.29) is 12.0 Å². The molecule has 2 aromatic rings. The molecule has 0 aliphatic heterocycles. The zero-order valence-electron chi connectivity index (χ0n) is 10.1. The van der Waals surface area contributed by atoms with Crippen molar-refractivity contribution in [3.63, 3.8) is 0 Å². The molecule has 0 unspecified atom stereocenters. The van der Waals surface area contributed by atoms with Crippen LogP contribution in [0.2, 0.25) is 0 Å². The smallest absolute Gasteiger partial charge is 0.323 e. The molecule has 0 bridgehead atoms. The average molecular weight is 247 g/mol. The molecule has 0 aliphatic rings. The maximum Gasteiger partial charge on any atom is 0.323 e. The van der Waals surface area contributed by atoms with Gasteiger partial charge in [-0.2, -0.15) is 0 Å².